The van der Waals surface area contributed by atoms with Crippen LogP contribution in [0, 0.1) is 0 Å². The van der Waals surface area contributed by atoms with Gasteiger partial charge in [-0.15, -0.1) is 6.58 Å². The van der Waals surface area contributed by atoms with Gasteiger partial charge in [-0.25, -0.2) is 0 Å². The molecule has 1 heterocycles. The van der Waals surface area contributed by atoms with E-state index in [9.17, 15) is 5.11 Å². The zero-order valence-corrected chi connectivity index (χ0v) is 8.29. The lowest BCUT2D eigenvalue weighted by atomic mass is 10.0. The molecular weight excluding hydrogens is 176 g/mol. The molecule has 0 bridgehead atoms. The first kappa shape index (κ1) is 9.13. The summed E-state index contributed by atoms with van der Waals surface area (Å²) < 4.78 is 5.66. The van der Waals surface area contributed by atoms with Gasteiger partial charge in [-0.05, 0) is 25.0 Å². The molecule has 74 valence electrons. The van der Waals surface area contributed by atoms with E-state index in [1.807, 2.05) is 19.1 Å². The molecule has 2 heteroatoms. The van der Waals surface area contributed by atoms with Crippen molar-refractivity contribution >= 4 is 0 Å². The highest BCUT2D eigenvalue weighted by molar-refractivity contribution is 5.52. The molecule has 1 aromatic carbocycles. The zero-order chi connectivity index (χ0) is 10.1. The monoisotopic (exact) mass is 190 g/mol. The van der Waals surface area contributed by atoms with Crippen molar-refractivity contribution in [3.05, 3.63) is 35.9 Å². The molecule has 0 saturated heterocycles. The maximum Gasteiger partial charge on any atom is 0.130 e. The van der Waals surface area contributed by atoms with Gasteiger partial charge in [0.1, 0.15) is 17.6 Å². The normalized spacial score (nSPS) is 18.8. The molecule has 1 unspecified atom stereocenters. The Balaban J connectivity index is 2.47. The van der Waals surface area contributed by atoms with Crippen molar-refractivity contribution in [2.24, 2.45) is 0 Å². The Bertz CT molecular complexity index is 369. The zero-order valence-electron chi connectivity index (χ0n) is 8.29. The predicted octanol–water partition coefficient (Wildman–Crippen LogP) is 2.44. The molecular formula is C12H14O2. The van der Waals surface area contributed by atoms with Crippen molar-refractivity contribution in [2.45, 2.75) is 25.9 Å². The van der Waals surface area contributed by atoms with Crippen LogP contribution in [0.4, 0.5) is 0 Å². The fourth-order valence-corrected chi connectivity index (χ4v) is 1.86. The van der Waals surface area contributed by atoms with E-state index >= 15 is 0 Å². The molecule has 0 aliphatic carbocycles. The molecule has 1 aliphatic heterocycles. The third-order valence-corrected chi connectivity index (χ3v) is 2.49. The minimum Gasteiger partial charge on any atom is -0.508 e. The number of benzene rings is 1. The Hall–Kier alpha value is -1.44. The number of hydrogen-bond acceptors (Lipinski definition) is 2. The van der Waals surface area contributed by atoms with Crippen molar-refractivity contribution in [1.82, 2.24) is 0 Å². The van der Waals surface area contributed by atoms with Gasteiger partial charge in [-0.1, -0.05) is 12.1 Å². The van der Waals surface area contributed by atoms with Crippen LogP contribution in [-0.2, 0) is 12.8 Å². The Morgan fingerprint density at radius 3 is 3.14 bits per heavy atom. The average molecular weight is 190 g/mol. The Morgan fingerprint density at radius 2 is 2.43 bits per heavy atom. The van der Waals surface area contributed by atoms with Gasteiger partial charge in [0.2, 0.25) is 0 Å². The van der Waals surface area contributed by atoms with E-state index < -0.39 is 0 Å². The largest absolute Gasteiger partial charge is 0.508 e. The molecule has 2 nitrogen and oxygen atoms in total. The lowest BCUT2D eigenvalue weighted by Crippen LogP contribution is -2.05. The van der Waals surface area contributed by atoms with E-state index in [0.29, 0.717) is 5.75 Å². The SMILES string of the molecule is C=CCc1ccc(O)c2c1OC(C)C2. The molecule has 0 spiro atoms. The van der Waals surface area contributed by atoms with Crippen LogP contribution in [0.25, 0.3) is 0 Å². The topological polar surface area (TPSA) is 29.5 Å². The molecule has 1 atom stereocenters. The second kappa shape index (κ2) is 3.37. The third kappa shape index (κ3) is 1.37. The summed E-state index contributed by atoms with van der Waals surface area (Å²) in [7, 11) is 0. The first-order valence-electron chi connectivity index (χ1n) is 4.83. The van der Waals surface area contributed by atoms with Crippen LogP contribution < -0.4 is 4.74 Å². The fourth-order valence-electron chi connectivity index (χ4n) is 1.86. The molecule has 0 radical (unpaired) electrons. The van der Waals surface area contributed by atoms with E-state index in [1.54, 1.807) is 6.07 Å². The quantitative estimate of drug-likeness (QED) is 0.726. The summed E-state index contributed by atoms with van der Waals surface area (Å²) >= 11 is 0. The first-order valence-corrected chi connectivity index (χ1v) is 4.83. The summed E-state index contributed by atoms with van der Waals surface area (Å²) in [5, 5.41) is 9.64. The van der Waals surface area contributed by atoms with Gasteiger partial charge >= 0.3 is 0 Å². The summed E-state index contributed by atoms with van der Waals surface area (Å²) in [6.07, 6.45) is 3.60. The smallest absolute Gasteiger partial charge is 0.130 e. The minimum atomic E-state index is 0.168. The van der Waals surface area contributed by atoms with Crippen LogP contribution in [0.3, 0.4) is 0 Å². The lowest BCUT2D eigenvalue weighted by molar-refractivity contribution is 0.253. The van der Waals surface area contributed by atoms with Gasteiger partial charge in [0.15, 0.2) is 0 Å². The highest BCUT2D eigenvalue weighted by Gasteiger charge is 2.24. The molecule has 0 aromatic heterocycles. The predicted molar refractivity (Wildman–Crippen MR) is 55.8 cm³/mol. The van der Waals surface area contributed by atoms with Gasteiger partial charge < -0.3 is 9.84 Å². The molecule has 0 fully saturated rings. The Labute approximate surface area is 83.8 Å². The molecule has 1 N–H and O–H groups in total. The van der Waals surface area contributed by atoms with Crippen LogP contribution in [0.5, 0.6) is 11.5 Å². The van der Waals surface area contributed by atoms with Gasteiger partial charge in [0, 0.05) is 12.0 Å². The van der Waals surface area contributed by atoms with Crippen molar-refractivity contribution in [3.8, 4) is 11.5 Å². The van der Waals surface area contributed by atoms with Crippen molar-refractivity contribution in [2.75, 3.05) is 0 Å². The van der Waals surface area contributed by atoms with Gasteiger partial charge in [0.05, 0.1) is 0 Å². The summed E-state index contributed by atoms with van der Waals surface area (Å²) in [5.74, 6) is 1.20. The molecule has 1 aliphatic rings. The maximum atomic E-state index is 9.64. The number of allylic oxidation sites excluding steroid dienone is 1. The highest BCUT2D eigenvalue weighted by Crippen LogP contribution is 2.38. The van der Waals surface area contributed by atoms with Gasteiger partial charge in [0.25, 0.3) is 0 Å². The molecule has 14 heavy (non-hydrogen) atoms. The average Bonchev–Trinajstić information content (AvgIpc) is 2.53. The second-order valence-electron chi connectivity index (χ2n) is 3.68. The molecule has 0 amide bonds. The number of fused-ring (bicyclic) bond motifs is 1. The van der Waals surface area contributed by atoms with E-state index in [1.165, 1.54) is 0 Å². The van der Waals surface area contributed by atoms with Crippen LogP contribution in [0.1, 0.15) is 18.1 Å². The summed E-state index contributed by atoms with van der Waals surface area (Å²) in [6.45, 7) is 5.72. The van der Waals surface area contributed by atoms with Crippen LogP contribution in [0.2, 0.25) is 0 Å². The molecule has 0 saturated carbocycles. The van der Waals surface area contributed by atoms with Crippen molar-refractivity contribution in [3.63, 3.8) is 0 Å². The number of hydrogen-bond donors (Lipinski definition) is 1. The number of aromatic hydroxyl groups is 1. The van der Waals surface area contributed by atoms with Crippen LogP contribution in [0.15, 0.2) is 24.8 Å². The van der Waals surface area contributed by atoms with E-state index in [4.69, 9.17) is 4.74 Å². The van der Waals surface area contributed by atoms with Crippen molar-refractivity contribution in [1.29, 1.82) is 0 Å². The van der Waals surface area contributed by atoms with Crippen LogP contribution >= 0.6 is 0 Å². The van der Waals surface area contributed by atoms with Crippen LogP contribution in [-0.4, -0.2) is 11.2 Å². The summed E-state index contributed by atoms with van der Waals surface area (Å²) in [5.41, 5.74) is 2.05. The molecule has 1 aromatic rings. The second-order valence-corrected chi connectivity index (χ2v) is 3.68. The van der Waals surface area contributed by atoms with E-state index in [-0.39, 0.29) is 6.10 Å². The number of rotatable bonds is 2. The van der Waals surface area contributed by atoms with Gasteiger partial charge in [-0.2, -0.15) is 0 Å². The number of phenols is 1. The Morgan fingerprint density at radius 1 is 1.64 bits per heavy atom. The van der Waals surface area contributed by atoms with E-state index in [2.05, 4.69) is 6.58 Å². The standard InChI is InChI=1S/C12H14O2/c1-3-4-9-5-6-11(13)10-7-8(2)14-12(9)10/h3,5-6,8,13H,1,4,7H2,2H3. The Kier molecular flexibility index (Phi) is 2.20. The number of phenolic OH excluding ortho intramolecular Hbond substituents is 1. The van der Waals surface area contributed by atoms with E-state index in [0.717, 1.165) is 29.7 Å². The van der Waals surface area contributed by atoms with Gasteiger partial charge in [-0.3, -0.25) is 0 Å². The van der Waals surface area contributed by atoms with Crippen molar-refractivity contribution < 1.29 is 9.84 Å². The minimum absolute atomic E-state index is 0.168. The fraction of sp³-hybridized carbons (Fsp3) is 0.333. The lowest BCUT2D eigenvalue weighted by Gasteiger charge is -2.08. The maximum absolute atomic E-state index is 9.64. The first-order chi connectivity index (χ1) is 6.72. The number of ether oxygens (including phenoxy) is 1. The summed E-state index contributed by atoms with van der Waals surface area (Å²) in [6, 6.07) is 3.63. The molecule has 2 rings (SSSR count). The highest BCUT2D eigenvalue weighted by atomic mass is 16.5. The summed E-state index contributed by atoms with van der Waals surface area (Å²) in [4.78, 5) is 0. The third-order valence-electron chi connectivity index (χ3n) is 2.49.